The summed E-state index contributed by atoms with van der Waals surface area (Å²) >= 11 is 7.55. The number of nitrogens with one attached hydrogen (secondary N) is 2. The van der Waals surface area contributed by atoms with Crippen LogP contribution in [0.15, 0.2) is 50.6 Å². The van der Waals surface area contributed by atoms with Crippen LogP contribution in [-0.2, 0) is 13.1 Å². The van der Waals surface area contributed by atoms with Gasteiger partial charge in [-0.15, -0.1) is 0 Å². The van der Waals surface area contributed by atoms with Gasteiger partial charge in [0, 0.05) is 24.2 Å². The molecule has 0 saturated heterocycles. The molecule has 0 aliphatic heterocycles. The van der Waals surface area contributed by atoms with Gasteiger partial charge in [0.05, 0.1) is 6.54 Å². The van der Waals surface area contributed by atoms with Crippen LogP contribution in [0.25, 0.3) is 11.4 Å². The van der Waals surface area contributed by atoms with Crippen LogP contribution in [0.2, 0.25) is 5.02 Å². The molecule has 0 bridgehead atoms. The largest absolute Gasteiger partial charge is 0.352 e. The fraction of sp³-hybridized carbons (Fsp3) is 0.188. The van der Waals surface area contributed by atoms with Crippen molar-refractivity contribution in [2.45, 2.75) is 13.1 Å². The molecule has 0 radical (unpaired) electrons. The predicted molar refractivity (Wildman–Crippen MR) is 96.1 cm³/mol. The van der Waals surface area contributed by atoms with E-state index in [-0.39, 0.29) is 0 Å². The number of aromatic nitrogens is 2. The van der Waals surface area contributed by atoms with Crippen LogP contribution in [-0.4, -0.2) is 23.1 Å². The Morgan fingerprint density at radius 1 is 1.21 bits per heavy atom. The summed E-state index contributed by atoms with van der Waals surface area (Å²) in [5.41, 5.74) is 2.07. The first kappa shape index (κ1) is 16.5. The highest BCUT2D eigenvalue weighted by Crippen LogP contribution is 2.18. The third-order valence-electron chi connectivity index (χ3n) is 3.24. The summed E-state index contributed by atoms with van der Waals surface area (Å²) in [6, 6.07) is 9.36. The van der Waals surface area contributed by atoms with Crippen LogP contribution in [0.5, 0.6) is 0 Å². The highest BCUT2D eigenvalue weighted by Gasteiger charge is 2.09. The minimum Gasteiger partial charge on any atom is -0.352 e. The van der Waals surface area contributed by atoms with Crippen LogP contribution >= 0.6 is 22.9 Å². The molecular weight excluding hydrogens is 346 g/mol. The molecule has 124 valence electrons. The minimum absolute atomic E-state index is 0.393. The summed E-state index contributed by atoms with van der Waals surface area (Å²) in [6.45, 7) is 1.10. The maximum absolute atomic E-state index is 5.88. The monoisotopic (exact) mass is 361 g/mol. The summed E-state index contributed by atoms with van der Waals surface area (Å²) < 4.78 is 5.26. The molecule has 0 spiro atoms. The van der Waals surface area contributed by atoms with Gasteiger partial charge in [-0.1, -0.05) is 16.8 Å². The highest BCUT2D eigenvalue weighted by molar-refractivity contribution is 7.07. The zero-order valence-corrected chi connectivity index (χ0v) is 14.6. The molecule has 0 fully saturated rings. The van der Waals surface area contributed by atoms with Crippen molar-refractivity contribution in [1.82, 2.24) is 20.8 Å². The lowest BCUT2D eigenvalue weighted by atomic mass is 10.2. The van der Waals surface area contributed by atoms with Crippen molar-refractivity contribution in [3.63, 3.8) is 0 Å². The molecule has 2 heterocycles. The normalized spacial score (nSPS) is 11.5. The summed E-state index contributed by atoms with van der Waals surface area (Å²) in [7, 11) is 1.72. The van der Waals surface area contributed by atoms with Gasteiger partial charge in [-0.2, -0.15) is 16.3 Å². The molecule has 8 heteroatoms. The molecule has 0 amide bonds. The van der Waals surface area contributed by atoms with Crippen molar-refractivity contribution in [1.29, 1.82) is 0 Å². The van der Waals surface area contributed by atoms with Gasteiger partial charge in [-0.25, -0.2) is 0 Å². The van der Waals surface area contributed by atoms with E-state index in [1.807, 2.05) is 17.5 Å². The predicted octanol–water partition coefficient (Wildman–Crippen LogP) is 3.32. The van der Waals surface area contributed by atoms with E-state index in [4.69, 9.17) is 16.1 Å². The molecule has 0 unspecified atom stereocenters. The number of guanidine groups is 1. The second kappa shape index (κ2) is 7.94. The zero-order chi connectivity index (χ0) is 16.8. The zero-order valence-electron chi connectivity index (χ0n) is 13.0. The van der Waals surface area contributed by atoms with E-state index in [9.17, 15) is 0 Å². The van der Waals surface area contributed by atoms with E-state index in [0.29, 0.717) is 35.8 Å². The summed E-state index contributed by atoms with van der Waals surface area (Å²) in [5, 5.41) is 15.2. The van der Waals surface area contributed by atoms with E-state index in [0.717, 1.165) is 5.56 Å². The lowest BCUT2D eigenvalue weighted by molar-refractivity contribution is 0.375. The van der Waals surface area contributed by atoms with Gasteiger partial charge in [-0.05, 0) is 46.7 Å². The average molecular weight is 362 g/mol. The number of nitrogens with zero attached hydrogens (tertiary/aromatic N) is 3. The Hall–Kier alpha value is -2.38. The Morgan fingerprint density at radius 2 is 2.00 bits per heavy atom. The van der Waals surface area contributed by atoms with Gasteiger partial charge >= 0.3 is 0 Å². The van der Waals surface area contributed by atoms with Crippen LogP contribution in [0.4, 0.5) is 0 Å². The second-order valence-corrected chi connectivity index (χ2v) is 6.15. The van der Waals surface area contributed by atoms with E-state index in [1.165, 1.54) is 5.56 Å². The van der Waals surface area contributed by atoms with E-state index in [1.54, 1.807) is 30.5 Å². The van der Waals surface area contributed by atoms with E-state index < -0.39 is 0 Å². The Balaban J connectivity index is 1.55. The number of hydrogen-bond acceptors (Lipinski definition) is 5. The third-order valence-corrected chi connectivity index (χ3v) is 4.23. The summed E-state index contributed by atoms with van der Waals surface area (Å²) in [6.07, 6.45) is 0. The Labute approximate surface area is 148 Å². The third kappa shape index (κ3) is 4.33. The van der Waals surface area contributed by atoms with Crippen molar-refractivity contribution >= 4 is 28.9 Å². The van der Waals surface area contributed by atoms with Crippen LogP contribution < -0.4 is 10.6 Å². The van der Waals surface area contributed by atoms with Crippen molar-refractivity contribution in [3.05, 3.63) is 57.6 Å². The standard InChI is InChI=1S/C16H16ClN5OS/c1-18-16(19-8-11-6-7-24-10-11)20-9-14-21-15(22-23-14)12-2-4-13(17)5-3-12/h2-7,10H,8-9H2,1H3,(H2,18,19,20). The number of rotatable bonds is 5. The molecule has 6 nitrogen and oxygen atoms in total. The molecule has 0 atom stereocenters. The van der Waals surface area contributed by atoms with Crippen LogP contribution in [0, 0.1) is 0 Å². The van der Waals surface area contributed by atoms with E-state index in [2.05, 4.69) is 37.2 Å². The number of halogens is 1. The van der Waals surface area contributed by atoms with Crippen molar-refractivity contribution in [2.24, 2.45) is 4.99 Å². The molecule has 1 aromatic carbocycles. The van der Waals surface area contributed by atoms with Gasteiger partial charge in [-0.3, -0.25) is 4.99 Å². The molecule has 2 N–H and O–H groups in total. The first-order chi connectivity index (χ1) is 11.7. The first-order valence-corrected chi connectivity index (χ1v) is 8.61. The fourth-order valence-corrected chi connectivity index (χ4v) is 2.80. The first-order valence-electron chi connectivity index (χ1n) is 7.28. The maximum Gasteiger partial charge on any atom is 0.246 e. The summed E-state index contributed by atoms with van der Waals surface area (Å²) in [4.78, 5) is 8.53. The molecule has 0 aliphatic rings. The lowest BCUT2D eigenvalue weighted by Crippen LogP contribution is -2.36. The molecule has 3 aromatic rings. The molecule has 0 aliphatic carbocycles. The summed E-state index contributed by atoms with van der Waals surface area (Å²) in [5.74, 6) is 1.69. The second-order valence-electron chi connectivity index (χ2n) is 4.93. The maximum atomic E-state index is 5.88. The molecule has 24 heavy (non-hydrogen) atoms. The van der Waals surface area contributed by atoms with Gasteiger partial charge in [0.1, 0.15) is 0 Å². The van der Waals surface area contributed by atoms with Crippen LogP contribution in [0.1, 0.15) is 11.5 Å². The van der Waals surface area contributed by atoms with Crippen molar-refractivity contribution in [2.75, 3.05) is 7.05 Å². The van der Waals surface area contributed by atoms with Crippen LogP contribution in [0.3, 0.4) is 0 Å². The Morgan fingerprint density at radius 3 is 2.71 bits per heavy atom. The minimum atomic E-state index is 0.393. The SMILES string of the molecule is CN=C(NCc1ccsc1)NCc1nc(-c2ccc(Cl)cc2)no1. The number of hydrogen-bond donors (Lipinski definition) is 2. The number of benzene rings is 1. The lowest BCUT2D eigenvalue weighted by Gasteiger charge is -2.09. The Kier molecular flexibility index (Phi) is 5.45. The fourth-order valence-electron chi connectivity index (χ4n) is 2.00. The molecule has 2 aromatic heterocycles. The smallest absolute Gasteiger partial charge is 0.246 e. The van der Waals surface area contributed by atoms with Crippen molar-refractivity contribution in [3.8, 4) is 11.4 Å². The Bertz CT molecular complexity index is 798. The van der Waals surface area contributed by atoms with Gasteiger partial charge in [0.2, 0.25) is 11.7 Å². The van der Waals surface area contributed by atoms with E-state index >= 15 is 0 Å². The number of thiophene rings is 1. The molecule has 3 rings (SSSR count). The van der Waals surface area contributed by atoms with Gasteiger partial charge < -0.3 is 15.2 Å². The number of aliphatic imine (C=N–C) groups is 1. The molecule has 0 saturated carbocycles. The molecular formula is C16H16ClN5OS. The van der Waals surface area contributed by atoms with Gasteiger partial charge in [0.25, 0.3) is 0 Å². The average Bonchev–Trinajstić information content (AvgIpc) is 3.27. The highest BCUT2D eigenvalue weighted by atomic mass is 35.5. The van der Waals surface area contributed by atoms with Gasteiger partial charge in [0.15, 0.2) is 5.96 Å². The topological polar surface area (TPSA) is 75.3 Å². The quantitative estimate of drug-likeness (QED) is 0.538. The van der Waals surface area contributed by atoms with Crippen molar-refractivity contribution < 1.29 is 4.52 Å².